The normalized spacial score (nSPS) is 12.4. The molecule has 0 fully saturated rings. The molecule has 3 aromatic rings. The van der Waals surface area contributed by atoms with Gasteiger partial charge in [0, 0.05) is 42.1 Å². The van der Waals surface area contributed by atoms with Crippen molar-refractivity contribution >= 4 is 66.1 Å². The zero-order valence-electron chi connectivity index (χ0n) is 17.7. The third kappa shape index (κ3) is 7.34. The minimum Gasteiger partial charge on any atom is -0.299 e. The maximum absolute atomic E-state index is 12.9. The summed E-state index contributed by atoms with van der Waals surface area (Å²) in [5.74, 6) is -0.547. The highest BCUT2D eigenvalue weighted by atomic mass is 35.5. The van der Waals surface area contributed by atoms with Crippen molar-refractivity contribution in [1.82, 2.24) is 14.7 Å². The Hall–Kier alpha value is -1.33. The van der Waals surface area contributed by atoms with Crippen LogP contribution in [0.15, 0.2) is 64.6 Å². The summed E-state index contributed by atoms with van der Waals surface area (Å²) in [5, 5.41) is 4.79. The lowest BCUT2D eigenvalue weighted by Gasteiger charge is -2.22. The van der Waals surface area contributed by atoms with Gasteiger partial charge in [-0.15, -0.1) is 0 Å². The number of hydrogen-bond donors (Lipinski definition) is 0. The van der Waals surface area contributed by atoms with E-state index in [2.05, 4.69) is 5.10 Å². The van der Waals surface area contributed by atoms with Gasteiger partial charge in [0.1, 0.15) is 0 Å². The molecule has 7 nitrogen and oxygen atoms in total. The second kappa shape index (κ2) is 11.6. The third-order valence-corrected chi connectivity index (χ3v) is 9.82. The molecule has 0 bridgehead atoms. The fourth-order valence-corrected chi connectivity index (χ4v) is 7.36. The summed E-state index contributed by atoms with van der Waals surface area (Å²) in [6, 6.07) is 10.2. The first-order valence-electron chi connectivity index (χ1n) is 10.0. The largest absolute Gasteiger partial charge is 0.299 e. The minimum atomic E-state index is -3.77. The molecule has 0 radical (unpaired) electrons. The number of sulfone groups is 2. The first kappa shape index (κ1) is 27.3. The molecular weight excluding hydrogens is 564 g/mol. The van der Waals surface area contributed by atoms with E-state index in [-0.39, 0.29) is 54.5 Å². The summed E-state index contributed by atoms with van der Waals surface area (Å²) >= 11 is 24.0. The number of nitrogens with zero attached hydrogens (tertiary/aromatic N) is 3. The number of benzene rings is 2. The molecular formula is C21H21Cl4N3O4S2. The highest BCUT2D eigenvalue weighted by Crippen LogP contribution is 2.27. The molecule has 1 heterocycles. The highest BCUT2D eigenvalue weighted by molar-refractivity contribution is 7.91. The molecule has 0 amide bonds. The molecule has 2 aromatic carbocycles. The first-order valence-corrected chi connectivity index (χ1v) is 14.8. The first-order chi connectivity index (χ1) is 16.0. The van der Waals surface area contributed by atoms with Gasteiger partial charge >= 0.3 is 0 Å². The number of aromatic nitrogens is 2. The van der Waals surface area contributed by atoms with Crippen molar-refractivity contribution in [3.63, 3.8) is 0 Å². The van der Waals surface area contributed by atoms with Crippen molar-refractivity contribution in [2.45, 2.75) is 16.3 Å². The Balaban J connectivity index is 1.75. The van der Waals surface area contributed by atoms with Gasteiger partial charge in [-0.3, -0.25) is 9.58 Å². The van der Waals surface area contributed by atoms with Crippen LogP contribution in [0.2, 0.25) is 20.1 Å². The maximum atomic E-state index is 12.9. The van der Waals surface area contributed by atoms with Crippen molar-refractivity contribution in [1.29, 1.82) is 0 Å². The van der Waals surface area contributed by atoms with E-state index < -0.39 is 19.7 Å². The topological polar surface area (TPSA) is 89.3 Å². The minimum absolute atomic E-state index is 0.0629. The molecule has 0 saturated carbocycles. The SMILES string of the molecule is O=S(=O)(CCN(CCn1cccn1)CCS(=O)(=O)c1cc(Cl)ccc1Cl)c1cc(Cl)ccc1Cl. The van der Waals surface area contributed by atoms with Crippen LogP contribution in [0.3, 0.4) is 0 Å². The van der Waals surface area contributed by atoms with Crippen LogP contribution >= 0.6 is 46.4 Å². The van der Waals surface area contributed by atoms with Gasteiger partial charge < -0.3 is 0 Å². The molecule has 1 aromatic heterocycles. The predicted octanol–water partition coefficient (Wildman–Crippen LogP) is 4.75. The maximum Gasteiger partial charge on any atom is 0.181 e. The van der Waals surface area contributed by atoms with Gasteiger partial charge in [0.2, 0.25) is 0 Å². The molecule has 0 unspecified atom stereocenters. The Bertz CT molecular complexity index is 1260. The second-order valence-electron chi connectivity index (χ2n) is 7.40. The number of halogens is 4. The summed E-state index contributed by atoms with van der Waals surface area (Å²) < 4.78 is 53.3. The van der Waals surface area contributed by atoms with Crippen molar-refractivity contribution in [2.75, 3.05) is 31.1 Å². The van der Waals surface area contributed by atoms with Crippen LogP contribution in [-0.2, 0) is 26.2 Å². The molecule has 0 saturated heterocycles. The second-order valence-corrected chi connectivity index (χ2v) is 13.2. The molecule has 0 aliphatic rings. The van der Waals surface area contributed by atoms with Crippen LogP contribution < -0.4 is 0 Å². The summed E-state index contributed by atoms with van der Waals surface area (Å²) in [6.07, 6.45) is 3.39. The zero-order valence-corrected chi connectivity index (χ0v) is 22.4. The average Bonchev–Trinajstić information content (AvgIpc) is 3.30. The van der Waals surface area contributed by atoms with Crippen LogP contribution in [0.5, 0.6) is 0 Å². The molecule has 34 heavy (non-hydrogen) atoms. The quantitative estimate of drug-likeness (QED) is 0.323. The molecule has 0 atom stereocenters. The summed E-state index contributed by atoms with van der Waals surface area (Å²) in [5.41, 5.74) is 0. The highest BCUT2D eigenvalue weighted by Gasteiger charge is 2.23. The number of rotatable bonds is 11. The molecule has 0 spiro atoms. The molecule has 3 rings (SSSR count). The van der Waals surface area contributed by atoms with Gasteiger partial charge in [0.25, 0.3) is 0 Å². The Morgan fingerprint density at radius 2 is 1.26 bits per heavy atom. The molecule has 0 N–H and O–H groups in total. The lowest BCUT2D eigenvalue weighted by molar-refractivity contribution is 0.286. The Kier molecular flexibility index (Phi) is 9.30. The lowest BCUT2D eigenvalue weighted by Crippen LogP contribution is -2.36. The van der Waals surface area contributed by atoms with E-state index in [4.69, 9.17) is 46.4 Å². The van der Waals surface area contributed by atoms with Crippen molar-refractivity contribution in [3.8, 4) is 0 Å². The van der Waals surface area contributed by atoms with E-state index in [1.807, 2.05) is 0 Å². The molecule has 13 heteroatoms. The van der Waals surface area contributed by atoms with Gasteiger partial charge in [-0.25, -0.2) is 16.8 Å². The van der Waals surface area contributed by atoms with E-state index in [0.29, 0.717) is 13.1 Å². The molecule has 0 aliphatic heterocycles. The molecule has 0 aliphatic carbocycles. The van der Waals surface area contributed by atoms with E-state index in [0.717, 1.165) is 0 Å². The van der Waals surface area contributed by atoms with Gasteiger partial charge in [-0.2, -0.15) is 5.10 Å². The molecule has 184 valence electrons. The van der Waals surface area contributed by atoms with Crippen LogP contribution in [0.25, 0.3) is 0 Å². The monoisotopic (exact) mass is 583 g/mol. The predicted molar refractivity (Wildman–Crippen MR) is 136 cm³/mol. The van der Waals surface area contributed by atoms with Crippen molar-refractivity contribution < 1.29 is 16.8 Å². The standard InChI is InChI=1S/C21H21Cl4N3O4S2/c22-16-2-4-18(24)20(14-16)33(29,30)12-10-27(8-9-28-7-1-6-26-28)11-13-34(31,32)21-15-17(23)3-5-19(21)25/h1-7,14-15H,8-13H2. The van der Waals surface area contributed by atoms with Gasteiger partial charge in [0.05, 0.1) is 37.9 Å². The average molecular weight is 585 g/mol. The Labute approximate surface area is 219 Å². The van der Waals surface area contributed by atoms with Crippen LogP contribution in [0, 0.1) is 0 Å². The number of hydrogen-bond acceptors (Lipinski definition) is 6. The van der Waals surface area contributed by atoms with Crippen LogP contribution in [0.4, 0.5) is 0 Å². The van der Waals surface area contributed by atoms with Crippen LogP contribution in [0.1, 0.15) is 0 Å². The smallest absolute Gasteiger partial charge is 0.181 e. The zero-order chi connectivity index (χ0) is 24.9. The lowest BCUT2D eigenvalue weighted by atomic mass is 10.4. The Morgan fingerprint density at radius 3 is 1.71 bits per heavy atom. The summed E-state index contributed by atoms with van der Waals surface area (Å²) in [6.45, 7) is 0.971. The Morgan fingerprint density at radius 1 is 0.765 bits per heavy atom. The van der Waals surface area contributed by atoms with Gasteiger partial charge in [0.15, 0.2) is 19.7 Å². The van der Waals surface area contributed by atoms with Gasteiger partial charge in [-0.1, -0.05) is 46.4 Å². The third-order valence-electron chi connectivity index (χ3n) is 5.01. The summed E-state index contributed by atoms with van der Waals surface area (Å²) in [4.78, 5) is 1.62. The van der Waals surface area contributed by atoms with Crippen LogP contribution in [-0.4, -0.2) is 62.7 Å². The fraction of sp³-hybridized carbons (Fsp3) is 0.286. The fourth-order valence-electron chi connectivity index (χ4n) is 3.16. The van der Waals surface area contributed by atoms with Crippen molar-refractivity contribution in [3.05, 3.63) is 74.9 Å². The van der Waals surface area contributed by atoms with E-state index in [1.165, 1.54) is 36.4 Å². The van der Waals surface area contributed by atoms with E-state index in [9.17, 15) is 16.8 Å². The van der Waals surface area contributed by atoms with Crippen molar-refractivity contribution in [2.24, 2.45) is 0 Å². The summed E-state index contributed by atoms with van der Waals surface area (Å²) in [7, 11) is -7.53. The van der Waals surface area contributed by atoms with E-state index >= 15 is 0 Å². The van der Waals surface area contributed by atoms with Gasteiger partial charge in [-0.05, 0) is 42.5 Å². The van der Waals surface area contributed by atoms with E-state index in [1.54, 1.807) is 28.0 Å².